The number of halogens is 5. The first-order valence-corrected chi connectivity index (χ1v) is 9.03. The van der Waals surface area contributed by atoms with Crippen LogP contribution in [0.4, 0.5) is 28.0 Å². The summed E-state index contributed by atoms with van der Waals surface area (Å²) in [5.41, 5.74) is 0.0874. The molecule has 1 fully saturated rings. The van der Waals surface area contributed by atoms with Gasteiger partial charge in [0, 0.05) is 24.8 Å². The van der Waals surface area contributed by atoms with Gasteiger partial charge in [0.1, 0.15) is 11.7 Å². The maximum atomic E-state index is 13.9. The molecule has 0 saturated carbocycles. The van der Waals surface area contributed by atoms with Crippen LogP contribution >= 0.6 is 11.6 Å². The van der Waals surface area contributed by atoms with Crippen molar-refractivity contribution in [2.24, 2.45) is 5.92 Å². The first-order valence-electron chi connectivity index (χ1n) is 8.65. The third kappa shape index (κ3) is 4.21. The van der Waals surface area contributed by atoms with Crippen molar-refractivity contribution in [3.05, 3.63) is 47.0 Å². The van der Waals surface area contributed by atoms with Crippen LogP contribution in [0.3, 0.4) is 0 Å². The van der Waals surface area contributed by atoms with E-state index in [0.717, 1.165) is 9.80 Å². The van der Waals surface area contributed by atoms with Crippen molar-refractivity contribution in [2.45, 2.75) is 18.6 Å². The van der Waals surface area contributed by atoms with Gasteiger partial charge in [-0.1, -0.05) is 23.8 Å². The molecule has 1 saturated heterocycles. The number of hydrogen-bond donors (Lipinski definition) is 1. The number of amides is 3. The highest BCUT2D eigenvalue weighted by Crippen LogP contribution is 2.40. The van der Waals surface area contributed by atoms with E-state index in [1.54, 1.807) is 0 Å². The van der Waals surface area contributed by atoms with Crippen LogP contribution < -0.4 is 10.2 Å². The molecular formula is C18H17ClF4N4O2. The molecule has 2 aliphatic rings. The Kier molecular flexibility index (Phi) is 5.83. The average Bonchev–Trinajstić information content (AvgIpc) is 2.95. The van der Waals surface area contributed by atoms with Crippen LogP contribution in [-0.2, 0) is 4.79 Å². The Labute approximate surface area is 168 Å². The number of allylic oxidation sites excluding steroid dienone is 2. The fourth-order valence-electron chi connectivity index (χ4n) is 3.21. The number of anilines is 1. The molecule has 11 heteroatoms. The van der Waals surface area contributed by atoms with Gasteiger partial charge < -0.3 is 10.2 Å². The van der Waals surface area contributed by atoms with E-state index < -0.39 is 36.0 Å². The number of nitrogens with zero attached hydrogens (tertiary/aromatic N) is 3. The van der Waals surface area contributed by atoms with Crippen LogP contribution in [0.2, 0.25) is 0 Å². The Hall–Kier alpha value is -2.62. The summed E-state index contributed by atoms with van der Waals surface area (Å²) in [7, 11) is 1.38. The summed E-state index contributed by atoms with van der Waals surface area (Å²) >= 11 is 5.88. The summed E-state index contributed by atoms with van der Waals surface area (Å²) in [5.74, 6) is -3.24. The molecule has 3 rings (SSSR count). The molecule has 156 valence electrons. The minimum Gasteiger partial charge on any atom is -0.350 e. The molecular weight excluding hydrogens is 416 g/mol. The molecule has 0 radical (unpaired) electrons. The Bertz CT molecular complexity index is 887. The van der Waals surface area contributed by atoms with Gasteiger partial charge in [-0.3, -0.25) is 9.69 Å². The molecule has 0 bridgehead atoms. The number of pyridine rings is 1. The van der Waals surface area contributed by atoms with E-state index in [1.165, 1.54) is 37.5 Å². The summed E-state index contributed by atoms with van der Waals surface area (Å²) in [6.07, 6.45) is -0.721. The topological polar surface area (TPSA) is 65.5 Å². The number of carbonyl (C=O) groups is 2. The van der Waals surface area contributed by atoms with Gasteiger partial charge in [0.2, 0.25) is 11.9 Å². The molecule has 3 amide bonds. The van der Waals surface area contributed by atoms with Gasteiger partial charge in [-0.15, -0.1) is 0 Å². The predicted molar refractivity (Wildman–Crippen MR) is 97.7 cm³/mol. The second-order valence-corrected chi connectivity index (χ2v) is 7.06. The lowest BCUT2D eigenvalue weighted by Gasteiger charge is -2.24. The SMILES string of the molecule is CN1C(=O)N(c2cccnc2F)CC1C(=O)NCC1=C(Cl)C(C(F)(F)F)CC=C1. The van der Waals surface area contributed by atoms with Gasteiger partial charge in [0.05, 0.1) is 12.5 Å². The third-order valence-electron chi connectivity index (χ3n) is 4.84. The first-order chi connectivity index (χ1) is 13.6. The zero-order valence-corrected chi connectivity index (χ0v) is 16.0. The van der Waals surface area contributed by atoms with Crippen LogP contribution in [0.25, 0.3) is 0 Å². The molecule has 1 aromatic heterocycles. The molecule has 2 unspecified atom stereocenters. The number of aromatic nitrogens is 1. The fraction of sp³-hybridized carbons (Fsp3) is 0.389. The zero-order chi connectivity index (χ0) is 21.3. The minimum absolute atomic E-state index is 0.0614. The van der Waals surface area contributed by atoms with Crippen LogP contribution in [0.5, 0.6) is 0 Å². The standard InChI is InChI=1S/C18H17ClF4N4O2/c1-26-13(9-27(17(26)29)12-6-3-7-24-15(12)20)16(28)25-8-10-4-2-5-11(14(10)19)18(21,22)23/h2-4,6-7,11,13H,5,8-9H2,1H3,(H,25,28). The van der Waals surface area contributed by atoms with Crippen molar-refractivity contribution in [1.82, 2.24) is 15.2 Å². The van der Waals surface area contributed by atoms with E-state index in [4.69, 9.17) is 11.6 Å². The highest BCUT2D eigenvalue weighted by Gasteiger charge is 2.43. The number of nitrogens with one attached hydrogen (secondary N) is 1. The first kappa shape index (κ1) is 21.1. The van der Waals surface area contributed by atoms with E-state index in [2.05, 4.69) is 10.3 Å². The van der Waals surface area contributed by atoms with Crippen molar-refractivity contribution < 1.29 is 27.2 Å². The number of hydrogen-bond acceptors (Lipinski definition) is 3. The van der Waals surface area contributed by atoms with E-state index in [-0.39, 0.29) is 35.8 Å². The molecule has 1 aromatic rings. The van der Waals surface area contributed by atoms with Gasteiger partial charge in [-0.2, -0.15) is 17.6 Å². The Morgan fingerprint density at radius 3 is 2.79 bits per heavy atom. The molecule has 1 N–H and O–H groups in total. The molecule has 29 heavy (non-hydrogen) atoms. The second kappa shape index (κ2) is 8.02. The second-order valence-electron chi connectivity index (χ2n) is 6.66. The van der Waals surface area contributed by atoms with Crippen molar-refractivity contribution in [2.75, 3.05) is 25.0 Å². The van der Waals surface area contributed by atoms with Crippen molar-refractivity contribution in [3.63, 3.8) is 0 Å². The van der Waals surface area contributed by atoms with Gasteiger partial charge in [0.25, 0.3) is 0 Å². The lowest BCUT2D eigenvalue weighted by atomic mass is 9.95. The molecule has 1 aliphatic heterocycles. The Morgan fingerprint density at radius 2 is 2.14 bits per heavy atom. The summed E-state index contributed by atoms with van der Waals surface area (Å²) in [4.78, 5) is 30.6. The average molecular weight is 433 g/mol. The molecule has 0 spiro atoms. The molecule has 2 atom stereocenters. The van der Waals surface area contributed by atoms with E-state index in [0.29, 0.717) is 0 Å². The monoisotopic (exact) mass is 432 g/mol. The highest BCUT2D eigenvalue weighted by molar-refractivity contribution is 6.30. The number of likely N-dealkylation sites (N-methyl/N-ethyl adjacent to an activating group) is 1. The molecule has 2 heterocycles. The molecule has 1 aliphatic carbocycles. The van der Waals surface area contributed by atoms with E-state index >= 15 is 0 Å². The van der Waals surface area contributed by atoms with Crippen molar-refractivity contribution in [3.8, 4) is 0 Å². The van der Waals surface area contributed by atoms with Crippen LogP contribution in [-0.4, -0.2) is 54.2 Å². The van der Waals surface area contributed by atoms with Gasteiger partial charge >= 0.3 is 12.2 Å². The summed E-state index contributed by atoms with van der Waals surface area (Å²) < 4.78 is 52.9. The quantitative estimate of drug-likeness (QED) is 0.587. The van der Waals surface area contributed by atoms with Crippen LogP contribution in [0.15, 0.2) is 41.1 Å². The predicted octanol–water partition coefficient (Wildman–Crippen LogP) is 3.21. The number of alkyl halides is 3. The smallest absolute Gasteiger partial charge is 0.350 e. The summed E-state index contributed by atoms with van der Waals surface area (Å²) in [6.45, 7) is -0.349. The largest absolute Gasteiger partial charge is 0.396 e. The Balaban J connectivity index is 1.69. The summed E-state index contributed by atoms with van der Waals surface area (Å²) in [6, 6.07) is 1.28. The zero-order valence-electron chi connectivity index (χ0n) is 15.2. The maximum absolute atomic E-state index is 13.9. The van der Waals surface area contributed by atoms with Crippen LogP contribution in [0, 0.1) is 11.9 Å². The van der Waals surface area contributed by atoms with E-state index in [1.807, 2.05) is 0 Å². The number of carbonyl (C=O) groups excluding carboxylic acids is 2. The van der Waals surface area contributed by atoms with Gasteiger partial charge in [0.15, 0.2) is 0 Å². The lowest BCUT2D eigenvalue weighted by molar-refractivity contribution is -0.161. The lowest BCUT2D eigenvalue weighted by Crippen LogP contribution is -2.44. The number of urea groups is 1. The van der Waals surface area contributed by atoms with Crippen molar-refractivity contribution >= 4 is 29.2 Å². The van der Waals surface area contributed by atoms with Crippen molar-refractivity contribution in [1.29, 1.82) is 0 Å². The normalized spacial score (nSPS) is 22.5. The minimum atomic E-state index is -4.48. The molecule has 6 nitrogen and oxygen atoms in total. The van der Waals surface area contributed by atoms with Gasteiger partial charge in [-0.05, 0) is 24.1 Å². The summed E-state index contributed by atoms with van der Waals surface area (Å²) in [5, 5.41) is 2.14. The maximum Gasteiger partial charge on any atom is 0.396 e. The van der Waals surface area contributed by atoms with Gasteiger partial charge in [-0.25, -0.2) is 9.78 Å². The van der Waals surface area contributed by atoms with Crippen LogP contribution in [0.1, 0.15) is 6.42 Å². The van der Waals surface area contributed by atoms with E-state index in [9.17, 15) is 27.2 Å². The number of rotatable bonds is 4. The Morgan fingerprint density at radius 1 is 1.41 bits per heavy atom. The molecule has 0 aromatic carbocycles. The third-order valence-corrected chi connectivity index (χ3v) is 5.35. The fourth-order valence-corrected chi connectivity index (χ4v) is 3.55. The highest BCUT2D eigenvalue weighted by atomic mass is 35.5.